The van der Waals surface area contributed by atoms with Crippen LogP contribution in [0, 0.1) is 6.92 Å². The van der Waals surface area contributed by atoms with Crippen LogP contribution in [-0.4, -0.2) is 58.5 Å². The van der Waals surface area contributed by atoms with Crippen LogP contribution in [0.1, 0.15) is 71.5 Å². The number of nitrogens with one attached hydrogen (secondary N) is 1. The van der Waals surface area contributed by atoms with Crippen LogP contribution in [0.25, 0.3) is 5.69 Å². The van der Waals surface area contributed by atoms with Gasteiger partial charge in [0.2, 0.25) is 0 Å². The predicted molar refractivity (Wildman–Crippen MR) is 149 cm³/mol. The van der Waals surface area contributed by atoms with Crippen LogP contribution in [0.15, 0.2) is 48.7 Å². The number of methoxy groups -OCH3 is 1. The Labute approximate surface area is 233 Å². The van der Waals surface area contributed by atoms with Crippen molar-refractivity contribution in [1.29, 1.82) is 0 Å². The summed E-state index contributed by atoms with van der Waals surface area (Å²) in [6.07, 6.45) is 2.50. The summed E-state index contributed by atoms with van der Waals surface area (Å²) in [6, 6.07) is 12.1. The lowest BCUT2D eigenvalue weighted by atomic mass is 9.90. The number of carbonyl (C=O) groups excluding carboxylic acids is 3. The minimum absolute atomic E-state index is 0.0352. The summed E-state index contributed by atoms with van der Waals surface area (Å²) in [5, 5.41) is 8.12. The lowest BCUT2D eigenvalue weighted by Gasteiger charge is -2.34. The van der Waals surface area contributed by atoms with Gasteiger partial charge in [0.15, 0.2) is 0 Å². The van der Waals surface area contributed by atoms with E-state index < -0.39 is 11.6 Å². The Kier molecular flexibility index (Phi) is 8.30. The van der Waals surface area contributed by atoms with Gasteiger partial charge in [0.05, 0.1) is 35.8 Å². The van der Waals surface area contributed by atoms with Gasteiger partial charge in [-0.25, -0.2) is 14.3 Å². The van der Waals surface area contributed by atoms with Crippen molar-refractivity contribution in [2.75, 3.05) is 25.5 Å². The SMILES string of the molecule is COC(=O)c1ccc(NC(=O)c2cnn(-c3cccc(Cl)c3C)c2C2CCN(C(=O)OC(C)(C)C)CC2)cc1. The molecule has 1 aliphatic rings. The zero-order chi connectivity index (χ0) is 28.3. The molecule has 0 bridgehead atoms. The number of nitrogens with zero attached hydrogens (tertiary/aromatic N) is 3. The summed E-state index contributed by atoms with van der Waals surface area (Å²) >= 11 is 6.42. The lowest BCUT2D eigenvalue weighted by Crippen LogP contribution is -2.41. The summed E-state index contributed by atoms with van der Waals surface area (Å²) in [5.41, 5.74) is 3.17. The van der Waals surface area contributed by atoms with Crippen LogP contribution in [-0.2, 0) is 9.47 Å². The molecular formula is C29H33ClN4O5. The Morgan fingerprint density at radius 2 is 1.72 bits per heavy atom. The van der Waals surface area contributed by atoms with E-state index >= 15 is 0 Å². The molecule has 1 aliphatic heterocycles. The molecule has 0 spiro atoms. The molecule has 0 atom stereocenters. The molecule has 1 fully saturated rings. The lowest BCUT2D eigenvalue weighted by molar-refractivity contribution is 0.0203. The summed E-state index contributed by atoms with van der Waals surface area (Å²) < 4.78 is 12.1. The number of amides is 2. The maximum atomic E-state index is 13.5. The molecule has 10 heteroatoms. The van der Waals surface area contributed by atoms with Gasteiger partial charge in [-0.05, 0) is 82.5 Å². The number of piperidine rings is 1. The second-order valence-electron chi connectivity index (χ2n) is 10.5. The Morgan fingerprint density at radius 1 is 1.05 bits per heavy atom. The average Bonchev–Trinajstić information content (AvgIpc) is 3.34. The fourth-order valence-corrected chi connectivity index (χ4v) is 4.78. The average molecular weight is 553 g/mol. The fraction of sp³-hybridized carbons (Fsp3) is 0.379. The van der Waals surface area contributed by atoms with Crippen molar-refractivity contribution in [2.45, 2.75) is 52.1 Å². The third-order valence-electron chi connectivity index (χ3n) is 6.62. The third-order valence-corrected chi connectivity index (χ3v) is 7.03. The third kappa shape index (κ3) is 6.42. The first kappa shape index (κ1) is 28.2. The molecule has 0 aliphatic carbocycles. The molecule has 0 saturated carbocycles. The highest BCUT2D eigenvalue weighted by atomic mass is 35.5. The van der Waals surface area contributed by atoms with Crippen molar-refractivity contribution in [3.05, 3.63) is 76.1 Å². The van der Waals surface area contributed by atoms with Crippen LogP contribution < -0.4 is 5.32 Å². The van der Waals surface area contributed by atoms with Gasteiger partial charge in [-0.2, -0.15) is 5.10 Å². The summed E-state index contributed by atoms with van der Waals surface area (Å²) in [7, 11) is 1.32. The Balaban J connectivity index is 1.63. The minimum Gasteiger partial charge on any atom is -0.465 e. The van der Waals surface area contributed by atoms with Crippen molar-refractivity contribution in [3.8, 4) is 5.69 Å². The van der Waals surface area contributed by atoms with Crippen molar-refractivity contribution < 1.29 is 23.9 Å². The molecule has 3 aromatic rings. The van der Waals surface area contributed by atoms with Crippen LogP contribution in [0.2, 0.25) is 5.02 Å². The van der Waals surface area contributed by atoms with Crippen LogP contribution in [0.3, 0.4) is 0 Å². The molecule has 9 nitrogen and oxygen atoms in total. The minimum atomic E-state index is -0.572. The van der Waals surface area contributed by atoms with Crippen LogP contribution >= 0.6 is 11.6 Å². The summed E-state index contributed by atoms with van der Waals surface area (Å²) in [4.78, 5) is 39.6. The normalized spacial score (nSPS) is 14.2. The highest BCUT2D eigenvalue weighted by Gasteiger charge is 2.32. The van der Waals surface area contributed by atoms with E-state index in [-0.39, 0.29) is 17.9 Å². The molecule has 1 saturated heterocycles. The van der Waals surface area contributed by atoms with Crippen molar-refractivity contribution in [2.24, 2.45) is 0 Å². The first-order chi connectivity index (χ1) is 18.5. The van der Waals surface area contributed by atoms with E-state index in [0.29, 0.717) is 47.8 Å². The molecule has 206 valence electrons. The number of anilines is 1. The zero-order valence-electron chi connectivity index (χ0n) is 22.8. The number of esters is 1. The van der Waals surface area contributed by atoms with E-state index in [4.69, 9.17) is 21.1 Å². The van der Waals surface area contributed by atoms with Gasteiger partial charge in [0.1, 0.15) is 5.60 Å². The number of carbonyl (C=O) groups is 3. The number of benzene rings is 2. The molecule has 39 heavy (non-hydrogen) atoms. The fourth-order valence-electron chi connectivity index (χ4n) is 4.61. The number of rotatable bonds is 5. The monoisotopic (exact) mass is 552 g/mol. The van der Waals surface area contributed by atoms with Gasteiger partial charge in [0, 0.05) is 29.7 Å². The standard InChI is InChI=1S/C29H33ClN4O5/c1-18-23(30)7-6-8-24(18)34-25(19-13-15-33(16-14-19)28(37)39-29(2,3)4)22(17-31-34)26(35)32-21-11-9-20(10-12-21)27(36)38-5/h6-12,17,19H,13-16H2,1-5H3,(H,32,35). The topological polar surface area (TPSA) is 103 Å². The van der Waals surface area contributed by atoms with E-state index in [0.717, 1.165) is 16.9 Å². The number of halogens is 1. The predicted octanol–water partition coefficient (Wildman–Crippen LogP) is 5.99. The molecule has 0 unspecified atom stereocenters. The summed E-state index contributed by atoms with van der Waals surface area (Å²) in [6.45, 7) is 8.44. The number of aromatic nitrogens is 2. The van der Waals surface area contributed by atoms with Gasteiger partial charge < -0.3 is 19.7 Å². The van der Waals surface area contributed by atoms with E-state index in [9.17, 15) is 14.4 Å². The Morgan fingerprint density at radius 3 is 2.33 bits per heavy atom. The molecule has 2 aromatic carbocycles. The highest BCUT2D eigenvalue weighted by molar-refractivity contribution is 6.31. The maximum absolute atomic E-state index is 13.5. The second-order valence-corrected chi connectivity index (χ2v) is 10.9. The second kappa shape index (κ2) is 11.5. The number of hydrogen-bond donors (Lipinski definition) is 1. The van der Waals surface area contributed by atoms with E-state index in [1.54, 1.807) is 40.0 Å². The Bertz CT molecular complexity index is 1370. The molecule has 2 amide bonds. The Hall–Kier alpha value is -3.85. The molecule has 2 heterocycles. The molecule has 1 aromatic heterocycles. The highest BCUT2D eigenvalue weighted by Crippen LogP contribution is 2.34. The molecular weight excluding hydrogens is 520 g/mol. The number of likely N-dealkylation sites (tertiary alicyclic amines) is 1. The van der Waals surface area contributed by atoms with Crippen molar-refractivity contribution >= 4 is 35.3 Å². The van der Waals surface area contributed by atoms with E-state index in [1.165, 1.54) is 7.11 Å². The maximum Gasteiger partial charge on any atom is 0.410 e. The molecule has 1 N–H and O–H groups in total. The largest absolute Gasteiger partial charge is 0.465 e. The number of hydrogen-bond acceptors (Lipinski definition) is 6. The first-order valence-electron chi connectivity index (χ1n) is 12.8. The van der Waals surface area contributed by atoms with Gasteiger partial charge in [-0.15, -0.1) is 0 Å². The molecule has 0 radical (unpaired) electrons. The van der Waals surface area contributed by atoms with Crippen LogP contribution in [0.4, 0.5) is 10.5 Å². The van der Waals surface area contributed by atoms with Crippen LogP contribution in [0.5, 0.6) is 0 Å². The van der Waals surface area contributed by atoms with E-state index in [2.05, 4.69) is 10.4 Å². The first-order valence-corrected chi connectivity index (χ1v) is 13.2. The number of ether oxygens (including phenoxy) is 2. The quantitative estimate of drug-likeness (QED) is 0.390. The smallest absolute Gasteiger partial charge is 0.410 e. The van der Waals surface area contributed by atoms with E-state index in [1.807, 2.05) is 45.9 Å². The van der Waals surface area contributed by atoms with Gasteiger partial charge in [-0.1, -0.05) is 17.7 Å². The van der Waals surface area contributed by atoms with Gasteiger partial charge in [-0.3, -0.25) is 4.79 Å². The van der Waals surface area contributed by atoms with Crippen molar-refractivity contribution in [3.63, 3.8) is 0 Å². The summed E-state index contributed by atoms with van der Waals surface area (Å²) in [5.74, 6) is -0.811. The van der Waals surface area contributed by atoms with Crippen molar-refractivity contribution in [1.82, 2.24) is 14.7 Å². The van der Waals surface area contributed by atoms with Gasteiger partial charge in [0.25, 0.3) is 5.91 Å². The van der Waals surface area contributed by atoms with Gasteiger partial charge >= 0.3 is 12.1 Å². The molecule has 4 rings (SSSR count). The zero-order valence-corrected chi connectivity index (χ0v) is 23.5.